The molecule has 106 valence electrons. The first-order valence-electron chi connectivity index (χ1n) is 6.66. The summed E-state index contributed by atoms with van der Waals surface area (Å²) in [6, 6.07) is 5.11. The Balaban J connectivity index is 2.72. The van der Waals surface area contributed by atoms with E-state index in [1.807, 2.05) is 0 Å². The Bertz CT molecular complexity index is 436. The maximum Gasteiger partial charge on any atom is 0.252 e. The van der Waals surface area contributed by atoms with Crippen LogP contribution in [0.2, 0.25) is 5.02 Å². The van der Waals surface area contributed by atoms with E-state index in [1.54, 1.807) is 18.2 Å². The lowest BCUT2D eigenvalue weighted by Gasteiger charge is -2.25. The van der Waals surface area contributed by atoms with Crippen LogP contribution in [0.15, 0.2) is 18.2 Å². The van der Waals surface area contributed by atoms with Gasteiger partial charge in [-0.2, -0.15) is 0 Å². The Morgan fingerprint density at radius 2 is 1.84 bits per heavy atom. The Hall–Kier alpha value is -1.22. The van der Waals surface area contributed by atoms with Crippen molar-refractivity contribution in [3.05, 3.63) is 28.8 Å². The van der Waals surface area contributed by atoms with Gasteiger partial charge in [-0.1, -0.05) is 45.4 Å². The zero-order valence-corrected chi connectivity index (χ0v) is 12.8. The minimum Gasteiger partial charge on any atom is -0.398 e. The monoisotopic (exact) mass is 282 g/mol. The third-order valence-corrected chi connectivity index (χ3v) is 3.91. The summed E-state index contributed by atoms with van der Waals surface area (Å²) in [5.41, 5.74) is 6.57. The van der Waals surface area contributed by atoms with E-state index in [1.165, 1.54) is 0 Å². The Morgan fingerprint density at radius 1 is 1.26 bits per heavy atom. The average molecular weight is 283 g/mol. The van der Waals surface area contributed by atoms with Crippen LogP contribution in [0.25, 0.3) is 0 Å². The largest absolute Gasteiger partial charge is 0.398 e. The van der Waals surface area contributed by atoms with Crippen LogP contribution in [-0.2, 0) is 0 Å². The minimum absolute atomic E-state index is 0.163. The lowest BCUT2D eigenvalue weighted by molar-refractivity contribution is 0.0937. The van der Waals surface area contributed by atoms with Crippen molar-refractivity contribution < 1.29 is 4.79 Å². The highest BCUT2D eigenvalue weighted by molar-refractivity contribution is 6.36. The predicted molar refractivity (Wildman–Crippen MR) is 81.4 cm³/mol. The summed E-state index contributed by atoms with van der Waals surface area (Å²) in [6.07, 6.45) is 0. The Morgan fingerprint density at radius 3 is 2.37 bits per heavy atom. The fraction of sp³-hybridized carbons (Fsp3) is 0.533. The van der Waals surface area contributed by atoms with Gasteiger partial charge in [-0.3, -0.25) is 4.79 Å². The van der Waals surface area contributed by atoms with Gasteiger partial charge in [0.05, 0.1) is 16.3 Å². The van der Waals surface area contributed by atoms with E-state index in [4.69, 9.17) is 17.3 Å². The van der Waals surface area contributed by atoms with Gasteiger partial charge in [-0.15, -0.1) is 0 Å². The zero-order chi connectivity index (χ0) is 14.6. The third-order valence-electron chi connectivity index (χ3n) is 3.48. The van der Waals surface area contributed by atoms with E-state index < -0.39 is 0 Å². The summed E-state index contributed by atoms with van der Waals surface area (Å²) in [4.78, 5) is 12.1. The second-order valence-electron chi connectivity index (χ2n) is 5.57. The lowest BCUT2D eigenvalue weighted by Crippen LogP contribution is -2.34. The number of hydrogen-bond acceptors (Lipinski definition) is 2. The van der Waals surface area contributed by atoms with Crippen molar-refractivity contribution in [2.45, 2.75) is 27.7 Å². The molecule has 1 rings (SSSR count). The second kappa shape index (κ2) is 6.80. The van der Waals surface area contributed by atoms with E-state index in [9.17, 15) is 4.79 Å². The number of hydrogen-bond donors (Lipinski definition) is 2. The Labute approximate surface area is 120 Å². The van der Waals surface area contributed by atoms with Crippen LogP contribution in [-0.4, -0.2) is 12.5 Å². The second-order valence-corrected chi connectivity index (χ2v) is 5.95. The summed E-state index contributed by atoms with van der Waals surface area (Å²) in [5.74, 6) is 1.33. The smallest absolute Gasteiger partial charge is 0.252 e. The molecule has 0 saturated heterocycles. The van der Waals surface area contributed by atoms with Crippen molar-refractivity contribution in [1.29, 1.82) is 0 Å². The van der Waals surface area contributed by atoms with Gasteiger partial charge >= 0.3 is 0 Å². The van der Waals surface area contributed by atoms with Crippen molar-refractivity contribution in [2.75, 3.05) is 12.3 Å². The molecule has 3 N–H and O–H groups in total. The van der Waals surface area contributed by atoms with Gasteiger partial charge < -0.3 is 11.1 Å². The highest BCUT2D eigenvalue weighted by atomic mass is 35.5. The highest BCUT2D eigenvalue weighted by Crippen LogP contribution is 2.23. The van der Waals surface area contributed by atoms with Gasteiger partial charge in [0.2, 0.25) is 0 Å². The number of nitrogen functional groups attached to an aromatic ring is 1. The van der Waals surface area contributed by atoms with Crippen LogP contribution in [0.5, 0.6) is 0 Å². The molecule has 0 aliphatic carbocycles. The number of carbonyl (C=O) groups excluding carboxylic acids is 1. The molecule has 0 aliphatic heterocycles. The first-order valence-corrected chi connectivity index (χ1v) is 7.04. The number of benzene rings is 1. The van der Waals surface area contributed by atoms with Gasteiger partial charge in [0.25, 0.3) is 5.91 Å². The number of halogens is 1. The molecule has 0 aromatic heterocycles. The van der Waals surface area contributed by atoms with Gasteiger partial charge in [-0.25, -0.2) is 0 Å². The van der Waals surface area contributed by atoms with Crippen molar-refractivity contribution in [3.63, 3.8) is 0 Å². The summed E-state index contributed by atoms with van der Waals surface area (Å²) in [5, 5.41) is 3.28. The molecular weight excluding hydrogens is 260 g/mol. The Kier molecular flexibility index (Phi) is 5.67. The zero-order valence-electron chi connectivity index (χ0n) is 12.0. The molecule has 3 nitrogen and oxygen atoms in total. The van der Waals surface area contributed by atoms with Crippen molar-refractivity contribution >= 4 is 23.2 Å². The van der Waals surface area contributed by atoms with Crippen molar-refractivity contribution in [2.24, 2.45) is 17.8 Å². The fourth-order valence-corrected chi connectivity index (χ4v) is 2.48. The molecule has 1 amide bonds. The fourth-order valence-electron chi connectivity index (χ4n) is 2.27. The number of nitrogens with one attached hydrogen (secondary N) is 1. The molecular formula is C15H23ClN2O. The van der Waals surface area contributed by atoms with E-state index in [-0.39, 0.29) is 5.91 Å². The number of carbonyl (C=O) groups is 1. The van der Waals surface area contributed by atoms with Crippen LogP contribution >= 0.6 is 11.6 Å². The van der Waals surface area contributed by atoms with Gasteiger partial charge in [0.1, 0.15) is 0 Å². The molecule has 19 heavy (non-hydrogen) atoms. The quantitative estimate of drug-likeness (QED) is 0.811. The van der Waals surface area contributed by atoms with Crippen LogP contribution < -0.4 is 11.1 Å². The van der Waals surface area contributed by atoms with Gasteiger partial charge in [-0.05, 0) is 29.9 Å². The van der Waals surface area contributed by atoms with Crippen LogP contribution in [0, 0.1) is 17.8 Å². The summed E-state index contributed by atoms with van der Waals surface area (Å²) < 4.78 is 0. The number of nitrogens with two attached hydrogens (primary N) is 1. The molecule has 0 atom stereocenters. The molecule has 0 fully saturated rings. The summed E-state index contributed by atoms with van der Waals surface area (Å²) in [6.45, 7) is 9.34. The van der Waals surface area contributed by atoms with Gasteiger partial charge in [0, 0.05) is 6.54 Å². The number of amides is 1. The molecule has 0 bridgehead atoms. The van der Waals surface area contributed by atoms with E-state index in [2.05, 4.69) is 33.0 Å². The minimum atomic E-state index is -0.163. The maximum absolute atomic E-state index is 12.1. The number of rotatable bonds is 5. The van der Waals surface area contributed by atoms with Crippen molar-refractivity contribution in [1.82, 2.24) is 5.32 Å². The molecule has 1 aromatic rings. The lowest BCUT2D eigenvalue weighted by atomic mass is 9.85. The average Bonchev–Trinajstić information content (AvgIpc) is 2.31. The van der Waals surface area contributed by atoms with Crippen LogP contribution in [0.3, 0.4) is 0 Å². The number of anilines is 1. The molecule has 0 spiro atoms. The predicted octanol–water partition coefficient (Wildman–Crippen LogP) is 3.58. The topological polar surface area (TPSA) is 55.1 Å². The normalized spacial score (nSPS) is 11.4. The first kappa shape index (κ1) is 15.8. The summed E-state index contributed by atoms with van der Waals surface area (Å²) in [7, 11) is 0. The molecule has 0 heterocycles. The molecule has 4 heteroatoms. The molecule has 0 aliphatic rings. The van der Waals surface area contributed by atoms with Crippen LogP contribution in [0.4, 0.5) is 5.69 Å². The summed E-state index contributed by atoms with van der Waals surface area (Å²) >= 11 is 6.04. The SMILES string of the molecule is CC(C)C(CNC(=O)c1cccc(N)c1Cl)C(C)C. The first-order chi connectivity index (χ1) is 8.84. The van der Waals surface area contributed by atoms with Crippen LogP contribution in [0.1, 0.15) is 38.1 Å². The van der Waals surface area contributed by atoms with E-state index >= 15 is 0 Å². The molecule has 0 radical (unpaired) electrons. The van der Waals surface area contributed by atoms with Gasteiger partial charge in [0.15, 0.2) is 0 Å². The van der Waals surface area contributed by atoms with Crippen molar-refractivity contribution in [3.8, 4) is 0 Å². The highest BCUT2D eigenvalue weighted by Gasteiger charge is 2.19. The molecule has 0 unspecified atom stereocenters. The standard InChI is InChI=1S/C15H23ClN2O/c1-9(2)12(10(3)4)8-18-15(19)11-6-5-7-13(17)14(11)16/h5-7,9-10,12H,8,17H2,1-4H3,(H,18,19). The molecule has 0 saturated carbocycles. The third kappa shape index (κ3) is 4.13. The molecule has 1 aromatic carbocycles. The maximum atomic E-state index is 12.1. The van der Waals surface area contributed by atoms with E-state index in [0.29, 0.717) is 40.6 Å². The van der Waals surface area contributed by atoms with E-state index in [0.717, 1.165) is 0 Å².